The van der Waals surface area contributed by atoms with Gasteiger partial charge in [0.1, 0.15) is 0 Å². The Morgan fingerprint density at radius 3 is 2.67 bits per heavy atom. The highest BCUT2D eigenvalue weighted by Crippen LogP contribution is 1.95. The van der Waals surface area contributed by atoms with Crippen molar-refractivity contribution in [3.05, 3.63) is 0 Å². The molecule has 1 atom stereocenters. The van der Waals surface area contributed by atoms with Crippen LogP contribution in [-0.2, 0) is 9.47 Å². The zero-order chi connectivity index (χ0) is 11.5. The van der Waals surface area contributed by atoms with Crippen LogP contribution < -0.4 is 0 Å². The molecule has 0 radical (unpaired) electrons. The Kier molecular flexibility index (Phi) is 9.49. The highest BCUT2D eigenvalue weighted by molar-refractivity contribution is 4.80. The van der Waals surface area contributed by atoms with Crippen LogP contribution >= 0.6 is 0 Å². The second-order valence-corrected chi connectivity index (χ2v) is 3.75. The molecule has 0 fully saturated rings. The molecule has 0 saturated heterocycles. The normalized spacial score (nSPS) is 12.7. The van der Waals surface area contributed by atoms with Gasteiger partial charge in [-0.25, -0.2) is 0 Å². The lowest BCUT2D eigenvalue weighted by Crippen LogP contribution is -2.27. The van der Waals surface area contributed by atoms with Crippen LogP contribution in [0.1, 0.15) is 13.3 Å². The number of hydrogen-bond acceptors (Lipinski definition) is 4. The van der Waals surface area contributed by atoms with Gasteiger partial charge in [-0.3, -0.25) is 0 Å². The van der Waals surface area contributed by atoms with Gasteiger partial charge in [0.05, 0.1) is 18.6 Å². The van der Waals surface area contributed by atoms with Crippen molar-refractivity contribution in [1.82, 2.24) is 4.90 Å². The molecule has 0 aromatic rings. The second kappa shape index (κ2) is 9.91. The molecule has 0 heterocycles. The summed E-state index contributed by atoms with van der Waals surface area (Å²) in [5, 5.41) is 8.63. The first-order chi connectivity index (χ1) is 7.20. The number of ether oxygens (including phenoxy) is 2. The molecule has 0 N–H and O–H groups in total. The SMILES string of the molecule is COCCCOCCN(C)CC(C)C#N. The molecule has 1 unspecified atom stereocenters. The first-order valence-electron chi connectivity index (χ1n) is 5.35. The van der Waals surface area contributed by atoms with E-state index in [2.05, 4.69) is 11.0 Å². The largest absolute Gasteiger partial charge is 0.385 e. The zero-order valence-corrected chi connectivity index (χ0v) is 10.0. The minimum Gasteiger partial charge on any atom is -0.385 e. The Balaban J connectivity index is 3.24. The molecule has 0 saturated carbocycles. The van der Waals surface area contributed by atoms with Crippen molar-refractivity contribution in [1.29, 1.82) is 5.26 Å². The average Bonchev–Trinajstić information content (AvgIpc) is 2.23. The molecular formula is C11H22N2O2. The van der Waals surface area contributed by atoms with E-state index in [0.717, 1.165) is 39.3 Å². The Morgan fingerprint density at radius 1 is 1.33 bits per heavy atom. The summed E-state index contributed by atoms with van der Waals surface area (Å²) >= 11 is 0. The first kappa shape index (κ1) is 14.4. The van der Waals surface area contributed by atoms with E-state index >= 15 is 0 Å². The number of hydrogen-bond donors (Lipinski definition) is 0. The molecule has 4 heteroatoms. The third-order valence-corrected chi connectivity index (χ3v) is 2.06. The van der Waals surface area contributed by atoms with Gasteiger partial charge < -0.3 is 14.4 Å². The molecule has 0 amide bonds. The average molecular weight is 214 g/mol. The van der Waals surface area contributed by atoms with E-state index in [1.807, 2.05) is 14.0 Å². The highest BCUT2D eigenvalue weighted by atomic mass is 16.5. The van der Waals surface area contributed by atoms with Gasteiger partial charge in [-0.15, -0.1) is 0 Å². The molecule has 0 bridgehead atoms. The van der Waals surface area contributed by atoms with Gasteiger partial charge in [-0.2, -0.15) is 5.26 Å². The number of rotatable bonds is 9. The summed E-state index contributed by atoms with van der Waals surface area (Å²) in [6.45, 7) is 5.82. The Hall–Kier alpha value is -0.630. The van der Waals surface area contributed by atoms with Crippen molar-refractivity contribution >= 4 is 0 Å². The molecule has 0 aliphatic carbocycles. The molecule has 0 rings (SSSR count). The van der Waals surface area contributed by atoms with Crippen molar-refractivity contribution in [3.8, 4) is 6.07 Å². The van der Waals surface area contributed by atoms with Crippen molar-refractivity contribution < 1.29 is 9.47 Å². The number of nitriles is 1. The summed E-state index contributed by atoms with van der Waals surface area (Å²) in [5.74, 6) is 0.0866. The van der Waals surface area contributed by atoms with Crippen LogP contribution in [0.5, 0.6) is 0 Å². The monoisotopic (exact) mass is 214 g/mol. The Labute approximate surface area is 92.8 Å². The zero-order valence-electron chi connectivity index (χ0n) is 10.0. The second-order valence-electron chi connectivity index (χ2n) is 3.75. The van der Waals surface area contributed by atoms with Crippen LogP contribution in [0.15, 0.2) is 0 Å². The Morgan fingerprint density at radius 2 is 2.07 bits per heavy atom. The standard InChI is InChI=1S/C11H22N2O2/c1-11(9-12)10-13(2)5-8-15-7-4-6-14-3/h11H,4-8,10H2,1-3H3. The van der Waals surface area contributed by atoms with Crippen molar-refractivity contribution in [2.45, 2.75) is 13.3 Å². The molecule has 88 valence electrons. The Bertz CT molecular complexity index is 180. The topological polar surface area (TPSA) is 45.5 Å². The smallest absolute Gasteiger partial charge is 0.0666 e. The summed E-state index contributed by atoms with van der Waals surface area (Å²) in [7, 11) is 3.70. The van der Waals surface area contributed by atoms with Crippen LogP contribution in [0.4, 0.5) is 0 Å². The summed E-state index contributed by atoms with van der Waals surface area (Å²) in [5.41, 5.74) is 0. The van der Waals surface area contributed by atoms with E-state index in [0.29, 0.717) is 0 Å². The maximum absolute atomic E-state index is 8.63. The van der Waals surface area contributed by atoms with E-state index in [-0.39, 0.29) is 5.92 Å². The van der Waals surface area contributed by atoms with Gasteiger partial charge in [0.2, 0.25) is 0 Å². The summed E-state index contributed by atoms with van der Waals surface area (Å²) in [4.78, 5) is 2.12. The predicted octanol–water partition coefficient (Wildman–Crippen LogP) is 1.13. The minimum atomic E-state index is 0.0866. The quantitative estimate of drug-likeness (QED) is 0.540. The van der Waals surface area contributed by atoms with Gasteiger partial charge >= 0.3 is 0 Å². The summed E-state index contributed by atoms with van der Waals surface area (Å²) in [6, 6.07) is 2.22. The summed E-state index contributed by atoms with van der Waals surface area (Å²) < 4.78 is 10.3. The van der Waals surface area contributed by atoms with E-state index in [1.54, 1.807) is 7.11 Å². The lowest BCUT2D eigenvalue weighted by atomic mass is 10.2. The molecular weight excluding hydrogens is 192 g/mol. The molecule has 0 aliphatic heterocycles. The summed E-state index contributed by atoms with van der Waals surface area (Å²) in [6.07, 6.45) is 0.939. The van der Waals surface area contributed by atoms with Crippen LogP contribution in [0, 0.1) is 17.2 Å². The van der Waals surface area contributed by atoms with Crippen LogP contribution in [0.3, 0.4) is 0 Å². The number of methoxy groups -OCH3 is 1. The van der Waals surface area contributed by atoms with Crippen LogP contribution in [0.25, 0.3) is 0 Å². The molecule has 0 aromatic carbocycles. The minimum absolute atomic E-state index is 0.0866. The van der Waals surface area contributed by atoms with Gasteiger partial charge in [0.25, 0.3) is 0 Å². The van der Waals surface area contributed by atoms with E-state index in [1.165, 1.54) is 0 Å². The number of likely N-dealkylation sites (N-methyl/N-ethyl adjacent to an activating group) is 1. The molecule has 0 spiro atoms. The fraction of sp³-hybridized carbons (Fsp3) is 0.909. The number of nitrogens with zero attached hydrogens (tertiary/aromatic N) is 2. The lowest BCUT2D eigenvalue weighted by molar-refractivity contribution is 0.0876. The molecule has 0 aliphatic rings. The van der Waals surface area contributed by atoms with Gasteiger partial charge in [0.15, 0.2) is 0 Å². The van der Waals surface area contributed by atoms with Crippen LogP contribution in [0.2, 0.25) is 0 Å². The third kappa shape index (κ3) is 9.67. The highest BCUT2D eigenvalue weighted by Gasteiger charge is 2.04. The molecule has 0 aromatic heterocycles. The van der Waals surface area contributed by atoms with E-state index < -0.39 is 0 Å². The maximum Gasteiger partial charge on any atom is 0.0666 e. The van der Waals surface area contributed by atoms with Crippen LogP contribution in [-0.4, -0.2) is 52.0 Å². The fourth-order valence-corrected chi connectivity index (χ4v) is 1.23. The van der Waals surface area contributed by atoms with Crippen molar-refractivity contribution in [2.75, 3.05) is 47.1 Å². The predicted molar refractivity (Wildman–Crippen MR) is 59.6 cm³/mol. The van der Waals surface area contributed by atoms with Gasteiger partial charge in [-0.05, 0) is 20.4 Å². The van der Waals surface area contributed by atoms with E-state index in [9.17, 15) is 0 Å². The van der Waals surface area contributed by atoms with Crippen molar-refractivity contribution in [3.63, 3.8) is 0 Å². The lowest BCUT2D eigenvalue weighted by Gasteiger charge is -2.17. The van der Waals surface area contributed by atoms with Gasteiger partial charge in [0, 0.05) is 33.4 Å². The maximum atomic E-state index is 8.63. The van der Waals surface area contributed by atoms with E-state index in [4.69, 9.17) is 14.7 Å². The molecule has 4 nitrogen and oxygen atoms in total. The van der Waals surface area contributed by atoms with Crippen molar-refractivity contribution in [2.24, 2.45) is 5.92 Å². The molecule has 15 heavy (non-hydrogen) atoms. The van der Waals surface area contributed by atoms with Gasteiger partial charge in [-0.1, -0.05) is 0 Å². The first-order valence-corrected chi connectivity index (χ1v) is 5.35. The fourth-order valence-electron chi connectivity index (χ4n) is 1.23. The third-order valence-electron chi connectivity index (χ3n) is 2.06.